The van der Waals surface area contributed by atoms with Crippen molar-refractivity contribution in [1.82, 2.24) is 4.90 Å². The molecule has 1 aromatic rings. The Morgan fingerprint density at radius 1 is 1.22 bits per heavy atom. The van der Waals surface area contributed by atoms with Crippen molar-refractivity contribution in [2.45, 2.75) is 51.1 Å². The first-order valence-corrected chi connectivity index (χ1v) is 6.91. The summed E-state index contributed by atoms with van der Waals surface area (Å²) in [5.41, 5.74) is 7.46. The minimum atomic E-state index is -0.256. The maximum atomic E-state index is 13.0. The monoisotopic (exact) mass is 250 g/mol. The highest BCUT2D eigenvalue weighted by Crippen LogP contribution is 2.23. The molecule has 1 aromatic carbocycles. The number of rotatable bonds is 3. The smallest absolute Gasteiger partial charge is 0.125 e. The molecule has 0 spiro atoms. The van der Waals surface area contributed by atoms with E-state index < -0.39 is 0 Å². The van der Waals surface area contributed by atoms with Gasteiger partial charge in [-0.05, 0) is 37.6 Å². The van der Waals surface area contributed by atoms with E-state index in [2.05, 4.69) is 11.9 Å². The molecule has 0 radical (unpaired) electrons. The van der Waals surface area contributed by atoms with Crippen LogP contribution in [0.4, 0.5) is 10.1 Å². The van der Waals surface area contributed by atoms with Gasteiger partial charge in [-0.25, -0.2) is 4.39 Å². The third kappa shape index (κ3) is 3.45. The van der Waals surface area contributed by atoms with Crippen LogP contribution in [0, 0.1) is 5.82 Å². The van der Waals surface area contributed by atoms with Gasteiger partial charge in [0.2, 0.25) is 0 Å². The van der Waals surface area contributed by atoms with Crippen LogP contribution < -0.4 is 5.73 Å². The van der Waals surface area contributed by atoms with E-state index in [9.17, 15) is 4.39 Å². The second kappa shape index (κ2) is 6.19. The lowest BCUT2D eigenvalue weighted by atomic mass is 10.1. The molecule has 2 N–H and O–H groups in total. The summed E-state index contributed by atoms with van der Waals surface area (Å²) in [5.74, 6) is -0.256. The summed E-state index contributed by atoms with van der Waals surface area (Å²) in [4.78, 5) is 2.37. The van der Waals surface area contributed by atoms with Crippen LogP contribution in [0.2, 0.25) is 0 Å². The number of nitrogens with zero attached hydrogens (tertiary/aromatic N) is 1. The molecule has 0 atom stereocenters. The van der Waals surface area contributed by atoms with E-state index in [0.29, 0.717) is 11.7 Å². The summed E-state index contributed by atoms with van der Waals surface area (Å²) < 4.78 is 13.0. The maximum Gasteiger partial charge on any atom is 0.125 e. The van der Waals surface area contributed by atoms with Gasteiger partial charge in [0.15, 0.2) is 0 Å². The van der Waals surface area contributed by atoms with Crippen LogP contribution in [0.3, 0.4) is 0 Å². The number of anilines is 1. The Morgan fingerprint density at radius 2 is 1.89 bits per heavy atom. The molecule has 1 aliphatic rings. The van der Waals surface area contributed by atoms with Gasteiger partial charge in [0.1, 0.15) is 5.82 Å². The molecule has 0 unspecified atom stereocenters. The molecule has 0 bridgehead atoms. The van der Waals surface area contributed by atoms with Gasteiger partial charge >= 0.3 is 0 Å². The minimum absolute atomic E-state index is 0.256. The van der Waals surface area contributed by atoms with E-state index in [4.69, 9.17) is 5.73 Å². The van der Waals surface area contributed by atoms with Gasteiger partial charge in [0, 0.05) is 18.3 Å². The van der Waals surface area contributed by atoms with E-state index in [1.54, 1.807) is 6.07 Å². The number of benzene rings is 1. The number of nitrogen functional groups attached to an aromatic ring is 1. The Morgan fingerprint density at radius 3 is 2.50 bits per heavy atom. The van der Waals surface area contributed by atoms with E-state index in [1.807, 2.05) is 0 Å². The number of hydrogen-bond donors (Lipinski definition) is 1. The maximum absolute atomic E-state index is 13.0. The fourth-order valence-electron chi connectivity index (χ4n) is 2.81. The lowest BCUT2D eigenvalue weighted by Crippen LogP contribution is -2.31. The molecule has 2 rings (SSSR count). The van der Waals surface area contributed by atoms with Gasteiger partial charge in [0.05, 0.1) is 0 Å². The second-order valence-electron chi connectivity index (χ2n) is 5.40. The summed E-state index contributed by atoms with van der Waals surface area (Å²) >= 11 is 0. The van der Waals surface area contributed by atoms with Crippen molar-refractivity contribution in [3.63, 3.8) is 0 Å². The van der Waals surface area contributed by atoms with Crippen LogP contribution in [0.5, 0.6) is 0 Å². The van der Waals surface area contributed by atoms with Gasteiger partial charge in [-0.15, -0.1) is 0 Å². The first-order valence-electron chi connectivity index (χ1n) is 6.91. The lowest BCUT2D eigenvalue weighted by Gasteiger charge is -2.27. The SMILES string of the molecule is CN(Cc1ccc(F)cc1N)C1CCCCCC1. The molecular weight excluding hydrogens is 227 g/mol. The van der Waals surface area contributed by atoms with Gasteiger partial charge < -0.3 is 5.73 Å². The first kappa shape index (κ1) is 13.3. The zero-order valence-electron chi connectivity index (χ0n) is 11.2. The van der Waals surface area contributed by atoms with Crippen LogP contribution in [0.15, 0.2) is 18.2 Å². The highest BCUT2D eigenvalue weighted by molar-refractivity contribution is 5.46. The normalized spacial score (nSPS) is 17.9. The van der Waals surface area contributed by atoms with Crippen molar-refractivity contribution >= 4 is 5.69 Å². The fraction of sp³-hybridized carbons (Fsp3) is 0.600. The molecule has 3 heteroatoms. The molecule has 1 fully saturated rings. The Balaban J connectivity index is 1.98. The van der Waals surface area contributed by atoms with E-state index in [-0.39, 0.29) is 5.82 Å². The molecule has 18 heavy (non-hydrogen) atoms. The molecule has 0 saturated heterocycles. The predicted octanol–water partition coefficient (Wildman–Crippen LogP) is 3.56. The highest BCUT2D eigenvalue weighted by atomic mass is 19.1. The average Bonchev–Trinajstić information content (AvgIpc) is 2.61. The Labute approximate surface area is 109 Å². The molecule has 2 nitrogen and oxygen atoms in total. The van der Waals surface area contributed by atoms with E-state index in [1.165, 1.54) is 50.7 Å². The molecule has 100 valence electrons. The molecule has 0 heterocycles. The molecule has 0 aromatic heterocycles. The quantitative estimate of drug-likeness (QED) is 0.656. The van der Waals surface area contributed by atoms with Crippen LogP contribution >= 0.6 is 0 Å². The van der Waals surface area contributed by atoms with Gasteiger partial charge in [-0.1, -0.05) is 31.7 Å². The van der Waals surface area contributed by atoms with Crippen molar-refractivity contribution in [3.8, 4) is 0 Å². The summed E-state index contributed by atoms with van der Waals surface area (Å²) in [7, 11) is 2.15. The first-order chi connectivity index (χ1) is 8.66. The third-order valence-corrected chi connectivity index (χ3v) is 3.98. The van der Waals surface area contributed by atoms with E-state index >= 15 is 0 Å². The molecule has 1 saturated carbocycles. The van der Waals surface area contributed by atoms with Crippen LogP contribution in [0.1, 0.15) is 44.1 Å². The van der Waals surface area contributed by atoms with Crippen molar-refractivity contribution in [2.24, 2.45) is 0 Å². The van der Waals surface area contributed by atoms with E-state index in [0.717, 1.165) is 12.1 Å². The number of halogens is 1. The van der Waals surface area contributed by atoms with Crippen molar-refractivity contribution in [2.75, 3.05) is 12.8 Å². The van der Waals surface area contributed by atoms with Crippen molar-refractivity contribution in [1.29, 1.82) is 0 Å². The Hall–Kier alpha value is -1.09. The fourth-order valence-corrected chi connectivity index (χ4v) is 2.81. The number of hydrogen-bond acceptors (Lipinski definition) is 2. The average molecular weight is 250 g/mol. The summed E-state index contributed by atoms with van der Waals surface area (Å²) in [6.45, 7) is 0.816. The molecular formula is C15H23FN2. The zero-order valence-corrected chi connectivity index (χ0v) is 11.2. The predicted molar refractivity (Wildman–Crippen MR) is 73.8 cm³/mol. The lowest BCUT2D eigenvalue weighted by molar-refractivity contribution is 0.213. The van der Waals surface area contributed by atoms with Gasteiger partial charge in [0.25, 0.3) is 0 Å². The minimum Gasteiger partial charge on any atom is -0.398 e. The van der Waals surface area contributed by atoms with Gasteiger partial charge in [-0.2, -0.15) is 0 Å². The Bertz CT molecular complexity index is 384. The summed E-state index contributed by atoms with van der Waals surface area (Å²) in [5, 5.41) is 0. The van der Waals surface area contributed by atoms with Gasteiger partial charge in [-0.3, -0.25) is 4.90 Å². The molecule has 0 amide bonds. The van der Waals surface area contributed by atoms with Crippen molar-refractivity contribution < 1.29 is 4.39 Å². The largest absolute Gasteiger partial charge is 0.398 e. The summed E-state index contributed by atoms with van der Waals surface area (Å²) in [6, 6.07) is 5.36. The molecule has 1 aliphatic carbocycles. The van der Waals surface area contributed by atoms with Crippen LogP contribution in [0.25, 0.3) is 0 Å². The topological polar surface area (TPSA) is 29.3 Å². The third-order valence-electron chi connectivity index (χ3n) is 3.98. The highest BCUT2D eigenvalue weighted by Gasteiger charge is 2.17. The standard InChI is InChI=1S/C15H23FN2/c1-18(14-6-4-2-3-5-7-14)11-12-8-9-13(16)10-15(12)17/h8-10,14H,2-7,11,17H2,1H3. The summed E-state index contributed by atoms with van der Waals surface area (Å²) in [6.07, 6.45) is 7.93. The van der Waals surface area contributed by atoms with Crippen LogP contribution in [-0.4, -0.2) is 18.0 Å². The van der Waals surface area contributed by atoms with Crippen LogP contribution in [-0.2, 0) is 6.54 Å². The number of nitrogens with two attached hydrogens (primary N) is 1. The second-order valence-corrected chi connectivity index (χ2v) is 5.40. The van der Waals surface area contributed by atoms with Crippen molar-refractivity contribution in [3.05, 3.63) is 29.6 Å². The Kier molecular flexibility index (Phi) is 4.59. The zero-order chi connectivity index (χ0) is 13.0. The molecule has 0 aliphatic heterocycles.